The lowest BCUT2D eigenvalue weighted by atomic mass is 10.3. The van der Waals surface area contributed by atoms with Gasteiger partial charge in [0.25, 0.3) is 0 Å². The molecule has 0 spiro atoms. The van der Waals surface area contributed by atoms with Gasteiger partial charge in [-0.15, -0.1) is 0 Å². The highest BCUT2D eigenvalue weighted by molar-refractivity contribution is 5.78. The van der Waals surface area contributed by atoms with Gasteiger partial charge in [-0.1, -0.05) is 0 Å². The fraction of sp³-hybridized carbons (Fsp3) is 0.571. The van der Waals surface area contributed by atoms with E-state index in [4.69, 9.17) is 24.0 Å². The number of ether oxygens (including phenoxy) is 2. The molecule has 0 aromatic carbocycles. The van der Waals surface area contributed by atoms with Crippen LogP contribution in [0.1, 0.15) is 5.76 Å². The van der Waals surface area contributed by atoms with Gasteiger partial charge in [-0.25, -0.2) is 4.79 Å². The minimum Gasteiger partial charge on any atom is -0.463 e. The number of cyclic esters (lactones) is 1. The van der Waals surface area contributed by atoms with Gasteiger partial charge < -0.3 is 13.9 Å². The molecule has 0 aliphatic carbocycles. The SMILES string of the molecule is C[N+](=O)[O-].O=C1OC(CN2CCOCC2)CN1/N=C/c1ccco1. The van der Waals surface area contributed by atoms with E-state index in [0.717, 1.165) is 39.9 Å². The van der Waals surface area contributed by atoms with E-state index in [1.54, 1.807) is 18.4 Å². The molecule has 1 amide bonds. The van der Waals surface area contributed by atoms with E-state index in [-0.39, 0.29) is 6.10 Å². The lowest BCUT2D eigenvalue weighted by Crippen LogP contribution is -2.41. The molecule has 2 aliphatic rings. The Labute approximate surface area is 138 Å². The second-order valence-corrected chi connectivity index (χ2v) is 5.20. The van der Waals surface area contributed by atoms with Crippen LogP contribution in [0.25, 0.3) is 0 Å². The van der Waals surface area contributed by atoms with Crippen molar-refractivity contribution in [3.63, 3.8) is 0 Å². The highest BCUT2D eigenvalue weighted by Gasteiger charge is 2.32. The number of hydrogen-bond acceptors (Lipinski definition) is 8. The molecular formula is C14H20N4O6. The van der Waals surface area contributed by atoms with Gasteiger partial charge in [-0.3, -0.25) is 15.0 Å². The predicted molar refractivity (Wildman–Crippen MR) is 83.5 cm³/mol. The molecule has 1 aromatic rings. The number of amides is 1. The van der Waals surface area contributed by atoms with Gasteiger partial charge in [-0.2, -0.15) is 10.1 Å². The second kappa shape index (κ2) is 8.99. The number of carbonyl (C=O) groups is 1. The van der Waals surface area contributed by atoms with E-state index in [2.05, 4.69) is 10.0 Å². The van der Waals surface area contributed by atoms with Crippen molar-refractivity contribution in [3.8, 4) is 0 Å². The number of morpholine rings is 1. The molecule has 0 radical (unpaired) electrons. The zero-order valence-corrected chi connectivity index (χ0v) is 13.4. The zero-order chi connectivity index (χ0) is 17.4. The lowest BCUT2D eigenvalue weighted by Gasteiger charge is -2.27. The van der Waals surface area contributed by atoms with Crippen molar-refractivity contribution in [2.75, 3.05) is 46.4 Å². The summed E-state index contributed by atoms with van der Waals surface area (Å²) in [4.78, 5) is 22.2. The fourth-order valence-corrected chi connectivity index (χ4v) is 2.26. The van der Waals surface area contributed by atoms with Gasteiger partial charge in [0, 0.05) is 24.6 Å². The Hall–Kier alpha value is -2.46. The summed E-state index contributed by atoms with van der Waals surface area (Å²) in [6.07, 6.45) is 2.52. The van der Waals surface area contributed by atoms with E-state index < -0.39 is 11.0 Å². The number of nitrogens with zero attached hydrogens (tertiary/aromatic N) is 4. The number of hydrazone groups is 1. The van der Waals surface area contributed by atoms with Gasteiger partial charge in [-0.05, 0) is 12.1 Å². The van der Waals surface area contributed by atoms with Crippen LogP contribution >= 0.6 is 0 Å². The molecule has 1 aromatic heterocycles. The molecule has 3 rings (SSSR count). The van der Waals surface area contributed by atoms with Crippen LogP contribution in [0.5, 0.6) is 0 Å². The van der Waals surface area contributed by atoms with Crippen LogP contribution in [0.3, 0.4) is 0 Å². The van der Waals surface area contributed by atoms with Crippen molar-refractivity contribution in [1.29, 1.82) is 0 Å². The molecule has 2 fully saturated rings. The molecule has 132 valence electrons. The molecule has 0 bridgehead atoms. The maximum absolute atomic E-state index is 11.7. The first kappa shape index (κ1) is 17.9. The van der Waals surface area contributed by atoms with Gasteiger partial charge in [0.1, 0.15) is 11.9 Å². The first-order valence-corrected chi connectivity index (χ1v) is 7.48. The summed E-state index contributed by atoms with van der Waals surface area (Å²) in [5.74, 6) is 0.606. The van der Waals surface area contributed by atoms with Crippen molar-refractivity contribution in [2.24, 2.45) is 5.10 Å². The van der Waals surface area contributed by atoms with Gasteiger partial charge in [0.2, 0.25) is 0 Å². The number of carbonyl (C=O) groups excluding carboxylic acids is 1. The van der Waals surface area contributed by atoms with Crippen molar-refractivity contribution >= 4 is 12.3 Å². The van der Waals surface area contributed by atoms with Gasteiger partial charge >= 0.3 is 6.09 Å². The number of rotatable bonds is 4. The smallest absolute Gasteiger partial charge is 0.430 e. The van der Waals surface area contributed by atoms with Crippen molar-refractivity contribution in [1.82, 2.24) is 9.91 Å². The van der Waals surface area contributed by atoms with E-state index in [9.17, 15) is 4.79 Å². The summed E-state index contributed by atoms with van der Waals surface area (Å²) in [7, 11) is 0.889. The van der Waals surface area contributed by atoms with Crippen LogP contribution in [-0.2, 0) is 9.47 Å². The molecule has 1 unspecified atom stereocenters. The Bertz CT molecular complexity index is 552. The first-order chi connectivity index (χ1) is 11.5. The Morgan fingerprint density at radius 1 is 1.46 bits per heavy atom. The third-order valence-corrected chi connectivity index (χ3v) is 3.29. The van der Waals surface area contributed by atoms with E-state index in [1.807, 2.05) is 0 Å². The van der Waals surface area contributed by atoms with Crippen LogP contribution in [0.2, 0.25) is 0 Å². The van der Waals surface area contributed by atoms with E-state index >= 15 is 0 Å². The highest BCUT2D eigenvalue weighted by atomic mass is 16.6. The van der Waals surface area contributed by atoms with E-state index in [1.165, 1.54) is 11.2 Å². The van der Waals surface area contributed by atoms with Crippen molar-refractivity contribution < 1.29 is 23.6 Å². The molecule has 2 saturated heterocycles. The third-order valence-electron chi connectivity index (χ3n) is 3.29. The summed E-state index contributed by atoms with van der Waals surface area (Å²) in [6, 6.07) is 3.54. The Balaban J connectivity index is 0.000000471. The van der Waals surface area contributed by atoms with Gasteiger partial charge in [0.05, 0.1) is 32.2 Å². The minimum atomic E-state index is -0.500. The molecule has 10 heteroatoms. The largest absolute Gasteiger partial charge is 0.463 e. The molecule has 0 saturated carbocycles. The third kappa shape index (κ3) is 5.97. The standard InChI is InChI=1S/C13H17N3O4.CH3NO2/c17-13-16(14-8-11-2-1-5-19-11)10-12(20-13)9-15-3-6-18-7-4-15;1-2(3)4/h1-2,5,8,12H,3-4,6-7,9-10H2;1H3/b14-8+;. The molecule has 1 atom stereocenters. The Kier molecular flexibility index (Phi) is 6.70. The first-order valence-electron chi connectivity index (χ1n) is 7.48. The average molecular weight is 340 g/mol. The average Bonchev–Trinajstić information content (AvgIpc) is 3.15. The van der Waals surface area contributed by atoms with Crippen molar-refractivity contribution in [3.05, 3.63) is 34.3 Å². The van der Waals surface area contributed by atoms with Crippen molar-refractivity contribution in [2.45, 2.75) is 6.10 Å². The van der Waals surface area contributed by atoms with Gasteiger partial charge in [0.15, 0.2) is 7.05 Å². The van der Waals surface area contributed by atoms with Crippen LogP contribution in [0, 0.1) is 10.1 Å². The predicted octanol–water partition coefficient (Wildman–Crippen LogP) is 0.659. The summed E-state index contributed by atoms with van der Waals surface area (Å²) in [5, 5.41) is 14.2. The number of nitro groups is 1. The molecular weight excluding hydrogens is 320 g/mol. The Morgan fingerprint density at radius 2 is 2.17 bits per heavy atom. The molecule has 3 heterocycles. The zero-order valence-electron chi connectivity index (χ0n) is 13.4. The molecule has 0 N–H and O–H groups in total. The van der Waals surface area contributed by atoms with Crippen LogP contribution in [-0.4, -0.2) is 79.7 Å². The normalized spacial score (nSPS) is 21.5. The number of furan rings is 1. The maximum Gasteiger partial charge on any atom is 0.430 e. The summed E-state index contributed by atoms with van der Waals surface area (Å²) in [6.45, 7) is 4.42. The van der Waals surface area contributed by atoms with E-state index in [0.29, 0.717) is 12.3 Å². The quantitative estimate of drug-likeness (QED) is 0.450. The van der Waals surface area contributed by atoms with Crippen LogP contribution in [0.15, 0.2) is 27.9 Å². The summed E-state index contributed by atoms with van der Waals surface area (Å²) in [5.41, 5.74) is 0. The minimum absolute atomic E-state index is 0.144. The second-order valence-electron chi connectivity index (χ2n) is 5.20. The summed E-state index contributed by atoms with van der Waals surface area (Å²) < 4.78 is 15.7. The fourth-order valence-electron chi connectivity index (χ4n) is 2.26. The van der Waals surface area contributed by atoms with Crippen LogP contribution in [0.4, 0.5) is 4.79 Å². The summed E-state index contributed by atoms with van der Waals surface area (Å²) >= 11 is 0. The molecule has 10 nitrogen and oxygen atoms in total. The Morgan fingerprint density at radius 3 is 2.79 bits per heavy atom. The molecule has 24 heavy (non-hydrogen) atoms. The monoisotopic (exact) mass is 340 g/mol. The van der Waals surface area contributed by atoms with Crippen LogP contribution < -0.4 is 0 Å². The topological polar surface area (TPSA) is 111 Å². The highest BCUT2D eigenvalue weighted by Crippen LogP contribution is 2.13. The lowest BCUT2D eigenvalue weighted by molar-refractivity contribution is -0.445. The molecule has 2 aliphatic heterocycles. The maximum atomic E-state index is 11.7. The number of hydrogen-bond donors (Lipinski definition) is 0.